The molecule has 12 aromatic carbocycles. The molecule has 3 fully saturated rings. The molecule has 0 aliphatic carbocycles. The molecule has 3 saturated heterocycles. The minimum absolute atomic E-state index is 0.104. The van der Waals surface area contributed by atoms with E-state index >= 15 is 0 Å². The highest BCUT2D eigenvalue weighted by molar-refractivity contribution is 9.10. The van der Waals surface area contributed by atoms with Crippen LogP contribution >= 0.6 is 15.9 Å². The number of morpholine rings is 3. The number of benzene rings is 12. The van der Waals surface area contributed by atoms with Gasteiger partial charge in [0.15, 0.2) is 0 Å². The molecule has 612 valence electrons. The Morgan fingerprint density at radius 3 is 0.842 bits per heavy atom. The second-order valence-corrected chi connectivity index (χ2v) is 28.5. The van der Waals surface area contributed by atoms with E-state index in [1.54, 1.807) is 135 Å². The molecule has 3 amide bonds. The number of nitrogens with zero attached hydrogens (tertiary/aromatic N) is 3. The number of carboxylic acid groups (broad SMARTS) is 3. The fraction of sp³-hybridized carbons (Fsp3) is 0.175. The first-order chi connectivity index (χ1) is 58.2. The molecule has 23 heteroatoms. The smallest absolute Gasteiger partial charge is 0.338 e. The third kappa shape index (κ3) is 25.6. The Bertz CT molecular complexity index is 5460. The van der Waals surface area contributed by atoms with E-state index in [1.807, 2.05) is 146 Å². The highest BCUT2D eigenvalue weighted by Gasteiger charge is 2.19. The summed E-state index contributed by atoms with van der Waals surface area (Å²) in [4.78, 5) is 101. The number of nitrogens with one attached hydrogen (secondary N) is 3. The van der Waals surface area contributed by atoms with Gasteiger partial charge in [-0.15, -0.1) is 0 Å². The molecule has 3 aliphatic heterocycles. The van der Waals surface area contributed by atoms with Crippen LogP contribution in [0, 0.1) is 6.92 Å². The number of ether oxygens (including phenoxy) is 5. The van der Waals surface area contributed by atoms with Gasteiger partial charge in [-0.25, -0.2) is 24.0 Å². The fourth-order valence-electron chi connectivity index (χ4n) is 12.9. The van der Waals surface area contributed by atoms with E-state index in [9.17, 15) is 38.4 Å². The van der Waals surface area contributed by atoms with Crippen molar-refractivity contribution in [3.63, 3.8) is 0 Å². The van der Waals surface area contributed by atoms with E-state index in [0.717, 1.165) is 162 Å². The third-order valence-corrected chi connectivity index (χ3v) is 19.9. The fourth-order valence-corrected chi connectivity index (χ4v) is 13.3. The van der Waals surface area contributed by atoms with Gasteiger partial charge in [0.25, 0.3) is 17.7 Å². The van der Waals surface area contributed by atoms with Gasteiger partial charge in [0.2, 0.25) is 0 Å². The molecule has 22 nitrogen and oxygen atoms in total. The summed E-state index contributed by atoms with van der Waals surface area (Å²) >= 11 is 3.17. The van der Waals surface area contributed by atoms with Crippen molar-refractivity contribution in [1.82, 2.24) is 0 Å². The molecule has 6 N–H and O–H groups in total. The van der Waals surface area contributed by atoms with E-state index < -0.39 is 17.9 Å². The van der Waals surface area contributed by atoms with Gasteiger partial charge < -0.3 is 69.7 Å². The summed E-state index contributed by atoms with van der Waals surface area (Å²) in [6, 6.07) is 88.3. The molecular weight excluding hydrogens is 1580 g/mol. The predicted octanol–water partition coefficient (Wildman–Crippen LogP) is 18.9. The molecule has 0 spiro atoms. The molecule has 0 aromatic heterocycles. The van der Waals surface area contributed by atoms with Crippen LogP contribution < -0.4 is 30.7 Å². The average molecular weight is 1680 g/mol. The van der Waals surface area contributed by atoms with Gasteiger partial charge in [0, 0.05) is 94.6 Å². The number of aromatic carboxylic acids is 3. The van der Waals surface area contributed by atoms with Gasteiger partial charge in [-0.3, -0.25) is 14.4 Å². The number of rotatable bonds is 20. The number of esters is 2. The third-order valence-electron chi connectivity index (χ3n) is 19.4. The monoisotopic (exact) mass is 1670 g/mol. The van der Waals surface area contributed by atoms with E-state index in [0.29, 0.717) is 46.6 Å². The van der Waals surface area contributed by atoms with Crippen molar-refractivity contribution in [2.75, 3.05) is 123 Å². The number of anilines is 6. The number of carbonyl (C=O) groups excluding carboxylic acids is 5. The molecule has 0 bridgehead atoms. The lowest BCUT2D eigenvalue weighted by Gasteiger charge is -2.28. The molecule has 0 radical (unpaired) electrons. The molecule has 3 aliphatic rings. The normalized spacial score (nSPS) is 12.7. The van der Waals surface area contributed by atoms with Crippen LogP contribution in [0.3, 0.4) is 0 Å². The highest BCUT2D eigenvalue weighted by Crippen LogP contribution is 2.29. The Kier molecular flexibility index (Phi) is 31.8. The largest absolute Gasteiger partial charge is 0.478 e. The minimum Gasteiger partial charge on any atom is -0.478 e. The highest BCUT2D eigenvalue weighted by atomic mass is 79.9. The van der Waals surface area contributed by atoms with Gasteiger partial charge in [0.1, 0.15) is 0 Å². The van der Waals surface area contributed by atoms with E-state index in [2.05, 4.69) is 77.8 Å². The summed E-state index contributed by atoms with van der Waals surface area (Å²) in [5, 5.41) is 35.4. The first-order valence-corrected chi connectivity index (χ1v) is 39.8. The van der Waals surface area contributed by atoms with Crippen LogP contribution in [0.4, 0.5) is 34.1 Å². The average Bonchev–Trinajstić information content (AvgIpc) is 0.870. The molecule has 0 saturated carbocycles. The Morgan fingerprint density at radius 2 is 0.567 bits per heavy atom. The van der Waals surface area contributed by atoms with Crippen LogP contribution in [0.2, 0.25) is 0 Å². The molecule has 3 heterocycles. The van der Waals surface area contributed by atoms with Crippen LogP contribution in [0.25, 0.3) is 44.5 Å². The van der Waals surface area contributed by atoms with Crippen LogP contribution in [-0.4, -0.2) is 155 Å². The number of halogens is 1. The molecule has 120 heavy (non-hydrogen) atoms. The van der Waals surface area contributed by atoms with E-state index in [1.165, 1.54) is 5.56 Å². The summed E-state index contributed by atoms with van der Waals surface area (Å²) in [5.74, 6) is -4.00. The summed E-state index contributed by atoms with van der Waals surface area (Å²) in [5.41, 5.74) is 17.7. The maximum atomic E-state index is 12.8. The van der Waals surface area contributed by atoms with Crippen LogP contribution in [-0.2, 0) is 23.7 Å². The van der Waals surface area contributed by atoms with Crippen LogP contribution in [0.5, 0.6) is 0 Å². The number of aryl methyl sites for hydroxylation is 1. The van der Waals surface area contributed by atoms with Gasteiger partial charge in [-0.2, -0.15) is 0 Å². The molecule has 12 aromatic rings. The Hall–Kier alpha value is -13.8. The topological polar surface area (TPSA) is 289 Å². The summed E-state index contributed by atoms with van der Waals surface area (Å²) < 4.78 is 26.9. The van der Waals surface area contributed by atoms with Crippen molar-refractivity contribution in [2.24, 2.45) is 0 Å². The number of carboxylic acids is 3. The second kappa shape index (κ2) is 43.9. The number of hydrogen-bond donors (Lipinski definition) is 6. The zero-order valence-corrected chi connectivity index (χ0v) is 68.1. The van der Waals surface area contributed by atoms with Crippen molar-refractivity contribution in [3.8, 4) is 44.5 Å². The molecule has 0 unspecified atom stereocenters. The van der Waals surface area contributed by atoms with Gasteiger partial charge in [-0.05, 0) is 241 Å². The lowest BCUT2D eigenvalue weighted by Crippen LogP contribution is -2.36. The zero-order valence-electron chi connectivity index (χ0n) is 66.5. The maximum absolute atomic E-state index is 12.8. The molecule has 15 rings (SSSR count). The predicted molar refractivity (Wildman–Crippen MR) is 471 cm³/mol. The minimum atomic E-state index is -0.964. The Labute approximate surface area is 704 Å². The summed E-state index contributed by atoms with van der Waals surface area (Å²) in [6.07, 6.45) is 0. The summed E-state index contributed by atoms with van der Waals surface area (Å²) in [7, 11) is 0. The van der Waals surface area contributed by atoms with Crippen LogP contribution in [0.15, 0.2) is 296 Å². The van der Waals surface area contributed by atoms with Gasteiger partial charge in [0.05, 0.1) is 80.7 Å². The maximum Gasteiger partial charge on any atom is 0.338 e. The number of hydrogen-bond acceptors (Lipinski definition) is 16. The van der Waals surface area contributed by atoms with E-state index in [-0.39, 0.29) is 40.8 Å². The zero-order chi connectivity index (χ0) is 84.7. The number of amides is 3. The number of carbonyl (C=O) groups is 8. The van der Waals surface area contributed by atoms with Crippen molar-refractivity contribution < 1.29 is 77.4 Å². The lowest BCUT2D eigenvalue weighted by molar-refractivity contribution is 0.0517. The van der Waals surface area contributed by atoms with Crippen molar-refractivity contribution in [3.05, 3.63) is 346 Å². The Balaban J connectivity index is 0.000000152. The van der Waals surface area contributed by atoms with Crippen LogP contribution in [0.1, 0.15) is 102 Å². The van der Waals surface area contributed by atoms with Gasteiger partial charge >= 0.3 is 29.8 Å². The quantitative estimate of drug-likeness (QED) is 0.0387. The lowest BCUT2D eigenvalue weighted by atomic mass is 10.0. The summed E-state index contributed by atoms with van der Waals surface area (Å²) in [6.45, 7) is 16.0. The second-order valence-electron chi connectivity index (χ2n) is 27.6. The molecular formula is C97H91BrN6O16. The molecule has 0 atom stereocenters. The van der Waals surface area contributed by atoms with E-state index in [4.69, 9.17) is 39.0 Å². The first kappa shape index (κ1) is 87.0. The van der Waals surface area contributed by atoms with Crippen molar-refractivity contribution in [1.29, 1.82) is 0 Å². The van der Waals surface area contributed by atoms with Crippen molar-refractivity contribution >= 4 is 97.6 Å². The standard InChI is InChI=1S/C26H26N2O4.C24H22N2O4.C24H24N2O2.C16H14O4.C7H5BrO2/c1-2-32-26(30)20-8-6-19(7-9-20)21-4-3-5-22(18-21)25(29)27-23-10-12-24(13-11-23)28-14-16-31-17-15-28;27-23(25-21-8-10-22(11-9-21)26-12-14-30-15-13-26)20-3-1-2-19(16-20)17-4-6-18(7-5-17)24(28)29;1-18-5-7-19(8-6-18)20-3-2-4-21(17-20)24(27)25-22-9-11-23(12-10-22)26-13-15-28-16-14-26;1-2-20-16(19)12-8-6-11(7-9-12)13-4-3-5-14(10-13)15(17)18;8-6-3-1-2-5(4-6)7(9)10/h3-13,18H,2,14-17H2,1H3,(H,27,29);1-11,16H,12-15H2,(H,25,27)(H,28,29);2-12,17H,13-16H2,1H3,(H,25,27);3-10H,2H2,1H3,(H,17,18);1-4H,(H,9,10). The first-order valence-electron chi connectivity index (χ1n) is 39.0. The van der Waals surface area contributed by atoms with Gasteiger partial charge in [-0.1, -0.05) is 137 Å². The van der Waals surface area contributed by atoms with Crippen molar-refractivity contribution in [2.45, 2.75) is 20.8 Å². The SMILES string of the molecule is CCOC(=O)c1ccc(-c2cccc(C(=O)Nc3ccc(N4CCOCC4)cc3)c2)cc1.CCOC(=O)c1ccc(-c2cccc(C(=O)O)c2)cc1.Cc1ccc(-c2cccc(C(=O)Nc3ccc(N4CCOCC4)cc3)c2)cc1.O=C(O)c1ccc(-c2cccc(C(=O)Nc3ccc(N4CCOCC4)cc3)c2)cc1.O=C(O)c1cccc(Br)c1. The Morgan fingerprint density at radius 1 is 0.308 bits per heavy atom.